The third kappa shape index (κ3) is 4.14. The first-order valence-corrected chi connectivity index (χ1v) is 8.07. The normalized spacial score (nSPS) is 15.9. The molecule has 3 nitrogen and oxygen atoms in total. The van der Waals surface area contributed by atoms with Crippen molar-refractivity contribution in [2.75, 3.05) is 19.9 Å². The second-order valence-electron chi connectivity index (χ2n) is 5.32. The van der Waals surface area contributed by atoms with Crippen LogP contribution in [0.1, 0.15) is 24.8 Å². The summed E-state index contributed by atoms with van der Waals surface area (Å²) in [4.78, 5) is 12.6. The SMILES string of the molecule is CNCc1ccc(Cl)cc1SCC1(CC(=O)OC)CC1. The van der Waals surface area contributed by atoms with Gasteiger partial charge in [0.05, 0.1) is 13.5 Å². The molecule has 0 heterocycles. The fraction of sp³-hybridized carbons (Fsp3) is 0.533. The number of halogens is 1. The minimum absolute atomic E-state index is 0.107. The van der Waals surface area contributed by atoms with E-state index in [1.807, 2.05) is 19.2 Å². The summed E-state index contributed by atoms with van der Waals surface area (Å²) in [6.07, 6.45) is 2.74. The number of ether oxygens (including phenoxy) is 1. The Balaban J connectivity index is 2.00. The molecule has 0 aromatic heterocycles. The number of hydrogen-bond donors (Lipinski definition) is 1. The maximum Gasteiger partial charge on any atom is 0.306 e. The lowest BCUT2D eigenvalue weighted by atomic mass is 10.1. The van der Waals surface area contributed by atoms with Gasteiger partial charge in [-0.3, -0.25) is 4.79 Å². The van der Waals surface area contributed by atoms with Crippen molar-refractivity contribution in [2.24, 2.45) is 5.41 Å². The zero-order chi connectivity index (χ0) is 14.6. The molecule has 1 aliphatic rings. The lowest BCUT2D eigenvalue weighted by Crippen LogP contribution is -2.13. The molecule has 0 aliphatic heterocycles. The van der Waals surface area contributed by atoms with E-state index < -0.39 is 0 Å². The van der Waals surface area contributed by atoms with Crippen LogP contribution in [-0.2, 0) is 16.1 Å². The van der Waals surface area contributed by atoms with Gasteiger partial charge in [0.25, 0.3) is 0 Å². The molecule has 110 valence electrons. The zero-order valence-electron chi connectivity index (χ0n) is 11.9. The maximum absolute atomic E-state index is 11.4. The number of methoxy groups -OCH3 is 1. The molecule has 1 fully saturated rings. The lowest BCUT2D eigenvalue weighted by molar-refractivity contribution is -0.141. The third-order valence-corrected chi connectivity index (χ3v) is 5.32. The topological polar surface area (TPSA) is 38.3 Å². The first kappa shape index (κ1) is 15.7. The molecule has 0 unspecified atom stereocenters. The summed E-state index contributed by atoms with van der Waals surface area (Å²) >= 11 is 7.87. The van der Waals surface area contributed by atoms with Gasteiger partial charge in [-0.15, -0.1) is 11.8 Å². The van der Waals surface area contributed by atoms with E-state index in [9.17, 15) is 4.79 Å². The third-order valence-electron chi connectivity index (χ3n) is 3.63. The molecule has 5 heteroatoms. The highest BCUT2D eigenvalue weighted by atomic mass is 35.5. The molecule has 0 bridgehead atoms. The van der Waals surface area contributed by atoms with Crippen molar-refractivity contribution in [3.63, 3.8) is 0 Å². The number of nitrogens with one attached hydrogen (secondary N) is 1. The fourth-order valence-electron chi connectivity index (χ4n) is 2.16. The Bertz CT molecular complexity index is 489. The van der Waals surface area contributed by atoms with E-state index in [0.717, 1.165) is 30.2 Å². The van der Waals surface area contributed by atoms with Crippen LogP contribution < -0.4 is 5.32 Å². The van der Waals surface area contributed by atoms with Crippen molar-refractivity contribution >= 4 is 29.3 Å². The van der Waals surface area contributed by atoms with Crippen LogP contribution in [0.2, 0.25) is 5.02 Å². The van der Waals surface area contributed by atoms with Gasteiger partial charge < -0.3 is 10.1 Å². The van der Waals surface area contributed by atoms with Gasteiger partial charge in [0, 0.05) is 22.2 Å². The number of esters is 1. The first-order valence-electron chi connectivity index (χ1n) is 6.71. The molecule has 20 heavy (non-hydrogen) atoms. The summed E-state index contributed by atoms with van der Waals surface area (Å²) in [7, 11) is 3.39. The van der Waals surface area contributed by atoms with Crippen molar-refractivity contribution in [2.45, 2.75) is 30.7 Å². The molecule has 0 amide bonds. The molecule has 0 spiro atoms. The summed E-state index contributed by atoms with van der Waals surface area (Å²) in [6, 6.07) is 5.98. The number of thioether (sulfide) groups is 1. The van der Waals surface area contributed by atoms with Crippen LogP contribution in [0.3, 0.4) is 0 Å². The summed E-state index contributed by atoms with van der Waals surface area (Å²) < 4.78 is 4.78. The second kappa shape index (κ2) is 6.83. The van der Waals surface area contributed by atoms with Crippen molar-refractivity contribution < 1.29 is 9.53 Å². The summed E-state index contributed by atoms with van der Waals surface area (Å²) in [5, 5.41) is 3.92. The number of carbonyl (C=O) groups excluding carboxylic acids is 1. The van der Waals surface area contributed by atoms with Crippen molar-refractivity contribution in [1.29, 1.82) is 0 Å². The standard InChI is InChI=1S/C15H20ClNO2S/c1-17-9-11-3-4-12(16)7-13(11)20-10-15(5-6-15)8-14(18)19-2/h3-4,7,17H,5-6,8-10H2,1-2H3. The Morgan fingerprint density at radius 3 is 2.85 bits per heavy atom. The fourth-order valence-corrected chi connectivity index (χ4v) is 3.78. The number of rotatable bonds is 7. The van der Waals surface area contributed by atoms with E-state index in [1.165, 1.54) is 17.6 Å². The predicted molar refractivity (Wildman–Crippen MR) is 83.2 cm³/mol. The Morgan fingerprint density at radius 1 is 1.50 bits per heavy atom. The second-order valence-corrected chi connectivity index (χ2v) is 6.78. The molecule has 0 atom stereocenters. The van der Waals surface area contributed by atoms with E-state index >= 15 is 0 Å². The highest BCUT2D eigenvalue weighted by molar-refractivity contribution is 7.99. The zero-order valence-corrected chi connectivity index (χ0v) is 13.4. The van der Waals surface area contributed by atoms with Gasteiger partial charge in [0.2, 0.25) is 0 Å². The van der Waals surface area contributed by atoms with E-state index in [4.69, 9.17) is 16.3 Å². The smallest absolute Gasteiger partial charge is 0.306 e. The minimum Gasteiger partial charge on any atom is -0.469 e. The van der Waals surface area contributed by atoms with E-state index in [1.54, 1.807) is 11.8 Å². The Morgan fingerprint density at radius 2 is 2.25 bits per heavy atom. The Labute approximate surface area is 129 Å². The molecule has 1 aliphatic carbocycles. The molecule has 0 saturated heterocycles. The first-order chi connectivity index (χ1) is 9.58. The molecule has 1 aromatic carbocycles. The van der Waals surface area contributed by atoms with Gasteiger partial charge in [-0.1, -0.05) is 17.7 Å². The molecular weight excluding hydrogens is 294 g/mol. The number of carbonyl (C=O) groups is 1. The lowest BCUT2D eigenvalue weighted by Gasteiger charge is -2.15. The average molecular weight is 314 g/mol. The average Bonchev–Trinajstić information content (AvgIpc) is 3.19. The summed E-state index contributed by atoms with van der Waals surface area (Å²) in [5.41, 5.74) is 1.38. The van der Waals surface area contributed by atoms with Gasteiger partial charge in [0.1, 0.15) is 0 Å². The molecule has 2 rings (SSSR count). The maximum atomic E-state index is 11.4. The Hall–Kier alpha value is -0.710. The Kier molecular flexibility index (Phi) is 5.35. The van der Waals surface area contributed by atoms with Crippen LogP contribution in [0, 0.1) is 5.41 Å². The van der Waals surface area contributed by atoms with Gasteiger partial charge in [0.15, 0.2) is 0 Å². The summed E-state index contributed by atoms with van der Waals surface area (Å²) in [6.45, 7) is 0.823. The minimum atomic E-state index is -0.107. The molecule has 1 aromatic rings. The summed E-state index contributed by atoms with van der Waals surface area (Å²) in [5.74, 6) is 0.837. The predicted octanol–water partition coefficient (Wildman–Crippen LogP) is 3.49. The van der Waals surface area contributed by atoms with Crippen LogP contribution in [0.4, 0.5) is 0 Å². The van der Waals surface area contributed by atoms with E-state index in [2.05, 4.69) is 11.4 Å². The number of benzene rings is 1. The quantitative estimate of drug-likeness (QED) is 0.617. The van der Waals surface area contributed by atoms with Crippen LogP contribution >= 0.6 is 23.4 Å². The molecule has 0 radical (unpaired) electrons. The van der Waals surface area contributed by atoms with Crippen molar-refractivity contribution in [3.05, 3.63) is 28.8 Å². The number of hydrogen-bond acceptors (Lipinski definition) is 4. The van der Waals surface area contributed by atoms with Crippen LogP contribution in [0.15, 0.2) is 23.1 Å². The largest absolute Gasteiger partial charge is 0.469 e. The van der Waals surface area contributed by atoms with Gasteiger partial charge in [-0.2, -0.15) is 0 Å². The molecule has 1 saturated carbocycles. The monoisotopic (exact) mass is 313 g/mol. The molecule has 1 N–H and O–H groups in total. The van der Waals surface area contributed by atoms with Crippen LogP contribution in [0.5, 0.6) is 0 Å². The van der Waals surface area contributed by atoms with E-state index in [0.29, 0.717) is 6.42 Å². The van der Waals surface area contributed by atoms with E-state index in [-0.39, 0.29) is 11.4 Å². The van der Waals surface area contributed by atoms with Crippen LogP contribution in [-0.4, -0.2) is 25.9 Å². The van der Waals surface area contributed by atoms with Gasteiger partial charge in [-0.05, 0) is 43.0 Å². The highest BCUT2D eigenvalue weighted by Gasteiger charge is 2.44. The highest BCUT2D eigenvalue weighted by Crippen LogP contribution is 2.52. The van der Waals surface area contributed by atoms with Crippen molar-refractivity contribution in [1.82, 2.24) is 5.32 Å². The molecular formula is C15H20ClNO2S. The van der Waals surface area contributed by atoms with Crippen LogP contribution in [0.25, 0.3) is 0 Å². The van der Waals surface area contributed by atoms with Crippen molar-refractivity contribution in [3.8, 4) is 0 Å². The van der Waals surface area contributed by atoms with Gasteiger partial charge in [-0.25, -0.2) is 0 Å². The van der Waals surface area contributed by atoms with Gasteiger partial charge >= 0.3 is 5.97 Å².